The molecule has 0 bridgehead atoms. The van der Waals surface area contributed by atoms with Gasteiger partial charge in [0.15, 0.2) is 0 Å². The normalized spacial score (nSPS) is 14.3. The molecule has 2 heteroatoms. The predicted molar refractivity (Wildman–Crippen MR) is 67.1 cm³/mol. The topological polar surface area (TPSA) is 23.5 Å². The van der Waals surface area contributed by atoms with E-state index >= 15 is 0 Å². The zero-order valence-electron chi connectivity index (χ0n) is 11.0. The van der Waals surface area contributed by atoms with Crippen molar-refractivity contribution in [2.75, 3.05) is 14.1 Å². The number of nitrogens with zero attached hydrogens (tertiary/aromatic N) is 1. The van der Waals surface area contributed by atoms with Crippen molar-refractivity contribution >= 4 is 0 Å². The first-order valence-electron chi connectivity index (χ1n) is 5.96. The molecule has 0 radical (unpaired) electrons. The molecule has 1 unspecified atom stereocenters. The third kappa shape index (κ3) is 3.32. The minimum absolute atomic E-state index is 0.0991. The van der Waals surface area contributed by atoms with E-state index in [0.717, 1.165) is 31.3 Å². The van der Waals surface area contributed by atoms with Crippen LogP contribution >= 0.6 is 0 Å². The molecule has 0 fully saturated rings. The first-order valence-corrected chi connectivity index (χ1v) is 5.96. The van der Waals surface area contributed by atoms with Gasteiger partial charge in [-0.25, -0.2) is 0 Å². The SMILES string of the molecule is C=C(CC)CC(O)C(CC)(CC)N(C)C. The number of aliphatic hydroxyl groups excluding tert-OH is 1. The zero-order chi connectivity index (χ0) is 12.1. The highest BCUT2D eigenvalue weighted by Crippen LogP contribution is 2.29. The molecule has 0 aromatic heterocycles. The van der Waals surface area contributed by atoms with Gasteiger partial charge in [0, 0.05) is 5.54 Å². The third-order valence-corrected chi connectivity index (χ3v) is 3.72. The van der Waals surface area contributed by atoms with Crippen LogP contribution in [0.4, 0.5) is 0 Å². The minimum atomic E-state index is -0.310. The lowest BCUT2D eigenvalue weighted by Crippen LogP contribution is -2.52. The van der Waals surface area contributed by atoms with Crippen molar-refractivity contribution in [3.05, 3.63) is 12.2 Å². The number of aliphatic hydroxyl groups is 1. The highest BCUT2D eigenvalue weighted by atomic mass is 16.3. The fourth-order valence-corrected chi connectivity index (χ4v) is 2.26. The van der Waals surface area contributed by atoms with Gasteiger partial charge in [-0.3, -0.25) is 0 Å². The van der Waals surface area contributed by atoms with Gasteiger partial charge >= 0.3 is 0 Å². The van der Waals surface area contributed by atoms with Crippen LogP contribution in [0.5, 0.6) is 0 Å². The molecule has 1 N–H and O–H groups in total. The zero-order valence-corrected chi connectivity index (χ0v) is 11.0. The maximum absolute atomic E-state index is 10.3. The number of rotatable bonds is 7. The van der Waals surface area contributed by atoms with Gasteiger partial charge in [-0.1, -0.05) is 32.9 Å². The predicted octanol–water partition coefficient (Wildman–Crippen LogP) is 2.82. The molecule has 0 saturated carbocycles. The Morgan fingerprint density at radius 2 is 1.73 bits per heavy atom. The van der Waals surface area contributed by atoms with Crippen LogP contribution in [0.15, 0.2) is 12.2 Å². The van der Waals surface area contributed by atoms with Gasteiger partial charge in [-0.05, 0) is 39.8 Å². The maximum atomic E-state index is 10.3. The summed E-state index contributed by atoms with van der Waals surface area (Å²) in [5.74, 6) is 0. The summed E-state index contributed by atoms with van der Waals surface area (Å²) in [7, 11) is 4.09. The van der Waals surface area contributed by atoms with Crippen molar-refractivity contribution in [1.82, 2.24) is 4.90 Å². The molecule has 0 saturated heterocycles. The van der Waals surface area contributed by atoms with Gasteiger partial charge in [0.25, 0.3) is 0 Å². The van der Waals surface area contributed by atoms with Gasteiger partial charge < -0.3 is 10.0 Å². The molecule has 15 heavy (non-hydrogen) atoms. The maximum Gasteiger partial charge on any atom is 0.0760 e. The largest absolute Gasteiger partial charge is 0.391 e. The summed E-state index contributed by atoms with van der Waals surface area (Å²) >= 11 is 0. The molecule has 0 aliphatic heterocycles. The molecule has 0 aromatic rings. The third-order valence-electron chi connectivity index (χ3n) is 3.72. The fourth-order valence-electron chi connectivity index (χ4n) is 2.26. The van der Waals surface area contributed by atoms with Crippen LogP contribution in [-0.2, 0) is 0 Å². The van der Waals surface area contributed by atoms with Crippen molar-refractivity contribution < 1.29 is 5.11 Å². The summed E-state index contributed by atoms with van der Waals surface area (Å²) in [6.45, 7) is 10.3. The van der Waals surface area contributed by atoms with E-state index in [0.29, 0.717) is 0 Å². The van der Waals surface area contributed by atoms with Crippen molar-refractivity contribution in [2.24, 2.45) is 0 Å². The molecule has 1 atom stereocenters. The highest BCUT2D eigenvalue weighted by Gasteiger charge is 2.36. The van der Waals surface area contributed by atoms with Gasteiger partial charge in [0.05, 0.1) is 6.10 Å². The Kier molecular flexibility index (Phi) is 6.15. The van der Waals surface area contributed by atoms with E-state index in [4.69, 9.17) is 0 Å². The molecule has 90 valence electrons. The smallest absolute Gasteiger partial charge is 0.0760 e. The second-order valence-corrected chi connectivity index (χ2v) is 4.53. The van der Waals surface area contributed by atoms with Crippen LogP contribution in [0.1, 0.15) is 46.5 Å². The lowest BCUT2D eigenvalue weighted by molar-refractivity contribution is -0.0127. The molecule has 0 aliphatic carbocycles. The highest BCUT2D eigenvalue weighted by molar-refractivity contribution is 5.02. The average Bonchev–Trinajstić information content (AvgIpc) is 2.19. The van der Waals surface area contributed by atoms with E-state index < -0.39 is 0 Å². The Morgan fingerprint density at radius 3 is 2.00 bits per heavy atom. The standard InChI is InChI=1S/C13H27NO/c1-7-11(4)10-12(15)13(8-2,9-3)14(5)6/h12,15H,4,7-10H2,1-3,5-6H3. The van der Waals surface area contributed by atoms with Crippen molar-refractivity contribution in [3.8, 4) is 0 Å². The molecule has 0 heterocycles. The summed E-state index contributed by atoms with van der Waals surface area (Å²) in [6, 6.07) is 0. The van der Waals surface area contributed by atoms with Crippen LogP contribution in [-0.4, -0.2) is 35.7 Å². The Bertz CT molecular complexity index is 195. The first-order chi connectivity index (χ1) is 6.94. The van der Waals surface area contributed by atoms with Crippen molar-refractivity contribution in [2.45, 2.75) is 58.1 Å². The summed E-state index contributed by atoms with van der Waals surface area (Å²) in [4.78, 5) is 2.15. The lowest BCUT2D eigenvalue weighted by Gasteiger charge is -2.43. The summed E-state index contributed by atoms with van der Waals surface area (Å²) in [5.41, 5.74) is 1.04. The molecule has 0 aromatic carbocycles. The molecule has 0 aliphatic rings. The Labute approximate surface area is 95.0 Å². The van der Waals surface area contributed by atoms with E-state index in [1.807, 2.05) is 14.1 Å². The second kappa shape index (κ2) is 6.29. The lowest BCUT2D eigenvalue weighted by atomic mass is 9.82. The monoisotopic (exact) mass is 213 g/mol. The van der Waals surface area contributed by atoms with Gasteiger partial charge in [0.1, 0.15) is 0 Å². The summed E-state index contributed by atoms with van der Waals surface area (Å²) in [6.07, 6.45) is 3.29. The van der Waals surface area contributed by atoms with Crippen LogP contribution in [0.3, 0.4) is 0 Å². The number of hydrogen-bond donors (Lipinski definition) is 1. The Balaban J connectivity index is 4.68. The Hall–Kier alpha value is -0.340. The quantitative estimate of drug-likeness (QED) is 0.657. The van der Waals surface area contributed by atoms with Crippen LogP contribution in [0.25, 0.3) is 0 Å². The minimum Gasteiger partial charge on any atom is -0.391 e. The first kappa shape index (κ1) is 14.7. The van der Waals surface area contributed by atoms with Crippen LogP contribution in [0.2, 0.25) is 0 Å². The van der Waals surface area contributed by atoms with Crippen molar-refractivity contribution in [3.63, 3.8) is 0 Å². The van der Waals surface area contributed by atoms with Crippen LogP contribution in [0, 0.1) is 0 Å². The van der Waals surface area contributed by atoms with E-state index in [9.17, 15) is 5.11 Å². The molecule has 0 rings (SSSR count). The van der Waals surface area contributed by atoms with Crippen molar-refractivity contribution in [1.29, 1.82) is 0 Å². The second-order valence-electron chi connectivity index (χ2n) is 4.53. The Morgan fingerprint density at radius 1 is 1.27 bits per heavy atom. The fraction of sp³-hybridized carbons (Fsp3) is 0.846. The van der Waals surface area contributed by atoms with E-state index in [-0.39, 0.29) is 11.6 Å². The molecular formula is C13H27NO. The number of likely N-dealkylation sites (N-methyl/N-ethyl adjacent to an activating group) is 1. The van der Waals surface area contributed by atoms with Crippen LogP contribution < -0.4 is 0 Å². The van der Waals surface area contributed by atoms with Gasteiger partial charge in [-0.15, -0.1) is 0 Å². The van der Waals surface area contributed by atoms with E-state index in [2.05, 4.69) is 32.3 Å². The molecule has 0 amide bonds. The molecular weight excluding hydrogens is 186 g/mol. The van der Waals surface area contributed by atoms with Gasteiger partial charge in [0.2, 0.25) is 0 Å². The van der Waals surface area contributed by atoms with Gasteiger partial charge in [-0.2, -0.15) is 0 Å². The van der Waals surface area contributed by atoms with E-state index in [1.165, 1.54) is 0 Å². The summed E-state index contributed by atoms with van der Waals surface area (Å²) in [5, 5.41) is 10.3. The van der Waals surface area contributed by atoms with E-state index in [1.54, 1.807) is 0 Å². The summed E-state index contributed by atoms with van der Waals surface area (Å²) < 4.78 is 0. The number of hydrogen-bond acceptors (Lipinski definition) is 2. The molecule has 0 spiro atoms. The molecule has 2 nitrogen and oxygen atoms in total. The average molecular weight is 213 g/mol.